The number of halogens is 1. The van der Waals surface area contributed by atoms with Crippen LogP contribution >= 0.6 is 11.6 Å². The minimum atomic E-state index is -3.75. The largest absolute Gasteiger partial charge is 0.268 e. The summed E-state index contributed by atoms with van der Waals surface area (Å²) in [5.41, 5.74) is 0.860. The highest BCUT2D eigenvalue weighted by atomic mass is 35.5. The maximum Gasteiger partial charge on any atom is 0.266 e. The van der Waals surface area contributed by atoms with Crippen LogP contribution < -0.4 is 10.3 Å². The molecular formula is C16H17ClN6O3S. The quantitative estimate of drug-likeness (QED) is 0.653. The fourth-order valence-electron chi connectivity index (χ4n) is 2.45. The molecule has 3 aromatic rings. The summed E-state index contributed by atoms with van der Waals surface area (Å²) in [6, 6.07) is 5.98. The molecular weight excluding hydrogens is 392 g/mol. The zero-order chi connectivity index (χ0) is 19.6. The summed E-state index contributed by atoms with van der Waals surface area (Å²) < 4.78 is 30.2. The van der Waals surface area contributed by atoms with E-state index in [9.17, 15) is 13.2 Å². The van der Waals surface area contributed by atoms with Crippen molar-refractivity contribution >= 4 is 21.6 Å². The first-order valence-electron chi connectivity index (χ1n) is 7.97. The average Bonchev–Trinajstić information content (AvgIpc) is 3.14. The zero-order valence-electron chi connectivity index (χ0n) is 14.6. The van der Waals surface area contributed by atoms with Gasteiger partial charge in [0.05, 0.1) is 11.4 Å². The van der Waals surface area contributed by atoms with Crippen LogP contribution in [0.2, 0.25) is 5.02 Å². The van der Waals surface area contributed by atoms with Gasteiger partial charge in [0.2, 0.25) is 10.0 Å². The van der Waals surface area contributed by atoms with Crippen molar-refractivity contribution in [3.8, 4) is 5.82 Å². The molecule has 0 fully saturated rings. The van der Waals surface area contributed by atoms with Crippen LogP contribution in [0.3, 0.4) is 0 Å². The van der Waals surface area contributed by atoms with Gasteiger partial charge in [-0.25, -0.2) is 27.5 Å². The van der Waals surface area contributed by atoms with Gasteiger partial charge in [-0.2, -0.15) is 5.10 Å². The second kappa shape index (κ2) is 7.59. The van der Waals surface area contributed by atoms with E-state index in [0.717, 1.165) is 0 Å². The Labute approximate surface area is 160 Å². The fraction of sp³-hybridized carbons (Fsp3) is 0.250. The molecule has 0 aliphatic rings. The zero-order valence-corrected chi connectivity index (χ0v) is 16.2. The summed E-state index contributed by atoms with van der Waals surface area (Å²) in [5, 5.41) is 8.62. The van der Waals surface area contributed by atoms with Crippen molar-refractivity contribution in [1.82, 2.24) is 29.3 Å². The molecule has 0 atom stereocenters. The smallest absolute Gasteiger partial charge is 0.266 e. The van der Waals surface area contributed by atoms with E-state index in [4.69, 9.17) is 11.6 Å². The van der Waals surface area contributed by atoms with Crippen molar-refractivity contribution in [2.75, 3.05) is 6.54 Å². The molecule has 0 aliphatic heterocycles. The standard InChI is InChI=1S/C16H17ClN6O3S/c1-11-8-14(12(2)7-13(11)17)27(25,26)20-5-6-22-16(24)4-3-15(21-22)23-10-18-9-19-23/h3-4,7-10,20H,5-6H2,1-2H3. The summed E-state index contributed by atoms with van der Waals surface area (Å²) in [7, 11) is -3.75. The monoisotopic (exact) mass is 408 g/mol. The molecule has 2 aromatic heterocycles. The number of benzene rings is 1. The van der Waals surface area contributed by atoms with E-state index in [1.54, 1.807) is 19.9 Å². The topological polar surface area (TPSA) is 112 Å². The SMILES string of the molecule is Cc1cc(S(=O)(=O)NCCn2nc(-n3cncn3)ccc2=O)c(C)cc1Cl. The molecule has 0 aliphatic carbocycles. The Bertz CT molecular complexity index is 1130. The average molecular weight is 409 g/mol. The molecule has 2 heterocycles. The van der Waals surface area contributed by atoms with Crippen LogP contribution in [-0.2, 0) is 16.6 Å². The molecule has 0 radical (unpaired) electrons. The highest BCUT2D eigenvalue weighted by Crippen LogP contribution is 2.23. The van der Waals surface area contributed by atoms with E-state index in [2.05, 4.69) is 19.9 Å². The highest BCUT2D eigenvalue weighted by Gasteiger charge is 2.18. The molecule has 0 bridgehead atoms. The summed E-state index contributed by atoms with van der Waals surface area (Å²) >= 11 is 6.02. The number of nitrogens with zero attached hydrogens (tertiary/aromatic N) is 5. The molecule has 142 valence electrons. The lowest BCUT2D eigenvalue weighted by Gasteiger charge is -2.12. The summed E-state index contributed by atoms with van der Waals surface area (Å²) in [6.07, 6.45) is 2.80. The molecule has 0 saturated carbocycles. The third kappa shape index (κ3) is 4.24. The summed E-state index contributed by atoms with van der Waals surface area (Å²) in [4.78, 5) is 15.9. The molecule has 27 heavy (non-hydrogen) atoms. The number of nitrogens with one attached hydrogen (secondary N) is 1. The van der Waals surface area contributed by atoms with Crippen molar-refractivity contribution in [2.24, 2.45) is 0 Å². The molecule has 0 saturated heterocycles. The van der Waals surface area contributed by atoms with Crippen molar-refractivity contribution in [2.45, 2.75) is 25.3 Å². The lowest BCUT2D eigenvalue weighted by Crippen LogP contribution is -2.32. The summed E-state index contributed by atoms with van der Waals surface area (Å²) in [6.45, 7) is 3.47. The van der Waals surface area contributed by atoms with Gasteiger partial charge in [-0.15, -0.1) is 5.10 Å². The van der Waals surface area contributed by atoms with E-state index in [1.807, 2.05) is 0 Å². The number of hydrogen-bond donors (Lipinski definition) is 1. The van der Waals surface area contributed by atoms with Gasteiger partial charge >= 0.3 is 0 Å². The number of sulfonamides is 1. The van der Waals surface area contributed by atoms with Crippen LogP contribution in [0.15, 0.2) is 46.6 Å². The van der Waals surface area contributed by atoms with Crippen molar-refractivity contribution < 1.29 is 8.42 Å². The Morgan fingerprint density at radius 2 is 1.96 bits per heavy atom. The van der Waals surface area contributed by atoms with Crippen LogP contribution in [-0.4, -0.2) is 39.5 Å². The van der Waals surface area contributed by atoms with Gasteiger partial charge in [0, 0.05) is 17.6 Å². The first-order valence-corrected chi connectivity index (χ1v) is 9.83. The van der Waals surface area contributed by atoms with Crippen LogP contribution in [0.5, 0.6) is 0 Å². The van der Waals surface area contributed by atoms with Gasteiger partial charge in [0.1, 0.15) is 12.7 Å². The van der Waals surface area contributed by atoms with E-state index in [1.165, 1.54) is 40.2 Å². The van der Waals surface area contributed by atoms with Crippen LogP contribution in [0.25, 0.3) is 5.82 Å². The van der Waals surface area contributed by atoms with Gasteiger partial charge in [0.15, 0.2) is 5.82 Å². The third-order valence-corrected chi connectivity index (χ3v) is 5.88. The van der Waals surface area contributed by atoms with Crippen molar-refractivity contribution in [3.05, 3.63) is 63.4 Å². The van der Waals surface area contributed by atoms with Crippen molar-refractivity contribution in [3.63, 3.8) is 0 Å². The van der Waals surface area contributed by atoms with Gasteiger partial charge < -0.3 is 0 Å². The first-order chi connectivity index (χ1) is 12.8. The van der Waals surface area contributed by atoms with Crippen LogP contribution in [0.1, 0.15) is 11.1 Å². The number of hydrogen-bond acceptors (Lipinski definition) is 6. The second-order valence-electron chi connectivity index (χ2n) is 5.86. The fourth-order valence-corrected chi connectivity index (χ4v) is 4.00. The van der Waals surface area contributed by atoms with Crippen LogP contribution in [0, 0.1) is 13.8 Å². The van der Waals surface area contributed by atoms with E-state index in [0.29, 0.717) is 22.0 Å². The van der Waals surface area contributed by atoms with Gasteiger partial charge in [0.25, 0.3) is 5.56 Å². The van der Waals surface area contributed by atoms with E-state index in [-0.39, 0.29) is 23.5 Å². The Kier molecular flexibility index (Phi) is 5.40. The molecule has 0 spiro atoms. The predicted molar refractivity (Wildman–Crippen MR) is 99.5 cm³/mol. The number of aryl methyl sites for hydroxylation is 2. The van der Waals surface area contributed by atoms with E-state index < -0.39 is 10.0 Å². The predicted octanol–water partition coefficient (Wildman–Crippen LogP) is 1.07. The van der Waals surface area contributed by atoms with E-state index >= 15 is 0 Å². The minimum Gasteiger partial charge on any atom is -0.268 e. The Morgan fingerprint density at radius 3 is 2.67 bits per heavy atom. The van der Waals surface area contributed by atoms with Gasteiger partial charge in [-0.1, -0.05) is 11.6 Å². The number of aromatic nitrogens is 5. The molecule has 1 N–H and O–H groups in total. The lowest BCUT2D eigenvalue weighted by molar-refractivity contribution is 0.541. The molecule has 1 aromatic carbocycles. The van der Waals surface area contributed by atoms with Gasteiger partial charge in [-0.05, 0) is 43.2 Å². The minimum absolute atomic E-state index is 0.00281. The lowest BCUT2D eigenvalue weighted by atomic mass is 10.2. The molecule has 9 nitrogen and oxygen atoms in total. The Balaban J connectivity index is 1.75. The normalized spacial score (nSPS) is 11.7. The summed E-state index contributed by atoms with van der Waals surface area (Å²) in [5.74, 6) is 0.402. The third-order valence-electron chi connectivity index (χ3n) is 3.87. The molecule has 0 amide bonds. The highest BCUT2D eigenvalue weighted by molar-refractivity contribution is 7.89. The molecule has 0 unspecified atom stereocenters. The number of rotatable bonds is 6. The van der Waals surface area contributed by atoms with Gasteiger partial charge in [-0.3, -0.25) is 4.79 Å². The Morgan fingerprint density at radius 1 is 1.19 bits per heavy atom. The Hall–Kier alpha value is -2.56. The van der Waals surface area contributed by atoms with Crippen LogP contribution in [0.4, 0.5) is 0 Å². The molecule has 3 rings (SSSR count). The maximum atomic E-state index is 12.6. The molecule has 11 heteroatoms. The first kappa shape index (κ1) is 19.2. The second-order valence-corrected chi connectivity index (χ2v) is 8.00. The maximum absolute atomic E-state index is 12.6. The van der Waals surface area contributed by atoms with Crippen molar-refractivity contribution in [1.29, 1.82) is 0 Å².